The third-order valence-electron chi connectivity index (χ3n) is 9.68. The summed E-state index contributed by atoms with van der Waals surface area (Å²) in [6.45, 7) is 13.9. The van der Waals surface area contributed by atoms with E-state index >= 15 is 0 Å². The second-order valence-corrected chi connectivity index (χ2v) is 12.0. The number of hydrogen-bond donors (Lipinski definition) is 0. The fourth-order valence-corrected chi connectivity index (χ4v) is 7.94. The Hall–Kier alpha value is -1.31. The third kappa shape index (κ3) is 4.09. The molecule has 0 aromatic rings. The molecule has 2 nitrogen and oxygen atoms in total. The van der Waals surface area contributed by atoms with Crippen molar-refractivity contribution in [1.29, 1.82) is 0 Å². The summed E-state index contributed by atoms with van der Waals surface area (Å²) in [5, 5.41) is 0. The lowest BCUT2D eigenvalue weighted by molar-refractivity contribution is -0.137. The van der Waals surface area contributed by atoms with Gasteiger partial charge in [0, 0.05) is 13.3 Å². The molecule has 0 saturated heterocycles. The molecule has 2 fully saturated rings. The van der Waals surface area contributed by atoms with Crippen molar-refractivity contribution in [2.24, 2.45) is 40.4 Å². The Kier molecular flexibility index (Phi) is 6.32. The predicted octanol–water partition coefficient (Wildman–Crippen LogP) is 8.00. The molecule has 2 saturated carbocycles. The summed E-state index contributed by atoms with van der Waals surface area (Å²) in [7, 11) is 0. The van der Waals surface area contributed by atoms with Crippen molar-refractivity contribution < 1.29 is 9.53 Å². The standard InChI is InChI=1S/C29H44O2/c1-19(2)8-7-9-20(3)25-12-13-26-24-11-10-22-18-23(31-21(4)30)14-16-28(22,5)27(24)15-17-29(25,26)6/h10-11,18-20,25-27H,7-9,12-17H2,1-6H3/t20-,25-,26+,27+,28+,29-/m1/s1. The van der Waals surface area contributed by atoms with Crippen LogP contribution in [-0.4, -0.2) is 5.97 Å². The Morgan fingerprint density at radius 1 is 1.06 bits per heavy atom. The van der Waals surface area contributed by atoms with Crippen LogP contribution in [0.2, 0.25) is 0 Å². The fraction of sp³-hybridized carbons (Fsp3) is 0.759. The third-order valence-corrected chi connectivity index (χ3v) is 9.68. The quantitative estimate of drug-likeness (QED) is 0.404. The number of carbonyl (C=O) groups is 1. The monoisotopic (exact) mass is 424 g/mol. The van der Waals surface area contributed by atoms with Gasteiger partial charge in [0.15, 0.2) is 0 Å². The molecule has 0 aromatic heterocycles. The van der Waals surface area contributed by atoms with Crippen LogP contribution in [0.1, 0.15) is 99.3 Å². The average Bonchev–Trinajstić information content (AvgIpc) is 3.05. The maximum Gasteiger partial charge on any atom is 0.307 e. The summed E-state index contributed by atoms with van der Waals surface area (Å²) in [4.78, 5) is 11.4. The van der Waals surface area contributed by atoms with Gasteiger partial charge in [-0.05, 0) is 84.2 Å². The van der Waals surface area contributed by atoms with E-state index < -0.39 is 0 Å². The largest absolute Gasteiger partial charge is 0.431 e. The Labute approximate surface area is 190 Å². The van der Waals surface area contributed by atoms with E-state index in [-0.39, 0.29) is 11.4 Å². The first-order valence-electron chi connectivity index (χ1n) is 13.0. The molecule has 0 heterocycles. The Bertz CT molecular complexity index is 800. The minimum atomic E-state index is -0.199. The van der Waals surface area contributed by atoms with Gasteiger partial charge in [0.1, 0.15) is 5.76 Å². The summed E-state index contributed by atoms with van der Waals surface area (Å²) < 4.78 is 5.45. The van der Waals surface area contributed by atoms with Gasteiger partial charge >= 0.3 is 5.97 Å². The molecule has 0 aromatic carbocycles. The van der Waals surface area contributed by atoms with E-state index in [0.29, 0.717) is 11.3 Å². The molecular weight excluding hydrogens is 380 g/mol. The van der Waals surface area contributed by atoms with E-state index in [4.69, 9.17) is 4.74 Å². The molecule has 2 heteroatoms. The second-order valence-electron chi connectivity index (χ2n) is 12.0. The van der Waals surface area contributed by atoms with Gasteiger partial charge in [0.2, 0.25) is 0 Å². The average molecular weight is 425 g/mol. The number of rotatable bonds is 6. The van der Waals surface area contributed by atoms with Gasteiger partial charge in [-0.15, -0.1) is 0 Å². The van der Waals surface area contributed by atoms with Crippen molar-refractivity contribution in [3.63, 3.8) is 0 Å². The van der Waals surface area contributed by atoms with Crippen LogP contribution in [-0.2, 0) is 9.53 Å². The summed E-state index contributed by atoms with van der Waals surface area (Å²) in [6, 6.07) is 0. The highest BCUT2D eigenvalue weighted by molar-refractivity contribution is 5.67. The van der Waals surface area contributed by atoms with Gasteiger partial charge in [0.25, 0.3) is 0 Å². The van der Waals surface area contributed by atoms with Gasteiger partial charge in [-0.25, -0.2) is 0 Å². The topological polar surface area (TPSA) is 26.3 Å². The predicted molar refractivity (Wildman–Crippen MR) is 128 cm³/mol. The van der Waals surface area contributed by atoms with Gasteiger partial charge in [-0.2, -0.15) is 0 Å². The minimum Gasteiger partial charge on any atom is -0.431 e. The van der Waals surface area contributed by atoms with Crippen LogP contribution in [0.3, 0.4) is 0 Å². The molecule has 4 aliphatic carbocycles. The molecule has 6 atom stereocenters. The summed E-state index contributed by atoms with van der Waals surface area (Å²) in [5.41, 5.74) is 3.82. The molecule has 0 radical (unpaired) electrons. The van der Waals surface area contributed by atoms with E-state index in [0.717, 1.165) is 42.3 Å². The molecule has 31 heavy (non-hydrogen) atoms. The van der Waals surface area contributed by atoms with Crippen LogP contribution in [0, 0.1) is 40.4 Å². The fourth-order valence-electron chi connectivity index (χ4n) is 7.94. The number of ether oxygens (including phenoxy) is 1. The van der Waals surface area contributed by atoms with Crippen LogP contribution < -0.4 is 0 Å². The molecule has 0 amide bonds. The number of allylic oxidation sites excluding steroid dienone is 6. The van der Waals surface area contributed by atoms with E-state index in [1.807, 2.05) is 0 Å². The second kappa shape index (κ2) is 8.56. The van der Waals surface area contributed by atoms with Gasteiger partial charge in [-0.1, -0.05) is 71.6 Å². The smallest absolute Gasteiger partial charge is 0.307 e. The summed E-state index contributed by atoms with van der Waals surface area (Å²) in [5.74, 6) is 4.63. The number of carbonyl (C=O) groups excluding carboxylic acids is 1. The normalized spacial score (nSPS) is 37.8. The highest BCUT2D eigenvalue weighted by Gasteiger charge is 2.56. The Balaban J connectivity index is 1.54. The highest BCUT2D eigenvalue weighted by atomic mass is 16.5. The molecule has 172 valence electrons. The number of esters is 1. The first-order valence-corrected chi connectivity index (χ1v) is 13.0. The molecule has 0 aliphatic heterocycles. The van der Waals surface area contributed by atoms with Crippen molar-refractivity contribution in [3.8, 4) is 0 Å². The molecule has 4 aliphatic rings. The van der Waals surface area contributed by atoms with Crippen molar-refractivity contribution in [2.75, 3.05) is 0 Å². The van der Waals surface area contributed by atoms with Gasteiger partial charge < -0.3 is 4.74 Å². The maximum absolute atomic E-state index is 11.4. The van der Waals surface area contributed by atoms with Crippen LogP contribution in [0.5, 0.6) is 0 Å². The first kappa shape index (κ1) is 22.9. The SMILES string of the molecule is CC(=O)OC1=CC2=CC=C3[C@@H]4CC[C@H]([C@H](C)CCCC(C)C)[C@@]4(C)CC[C@@H]3[C@@]2(C)CC1. The van der Waals surface area contributed by atoms with Gasteiger partial charge in [0.05, 0.1) is 0 Å². The first-order chi connectivity index (χ1) is 14.6. The molecule has 4 rings (SSSR count). The molecule has 0 bridgehead atoms. The van der Waals surface area contributed by atoms with Crippen molar-refractivity contribution in [1.82, 2.24) is 0 Å². The number of hydrogen-bond acceptors (Lipinski definition) is 2. The Morgan fingerprint density at radius 2 is 1.84 bits per heavy atom. The van der Waals surface area contributed by atoms with Crippen LogP contribution >= 0.6 is 0 Å². The van der Waals surface area contributed by atoms with E-state index in [9.17, 15) is 4.79 Å². The van der Waals surface area contributed by atoms with Crippen LogP contribution in [0.25, 0.3) is 0 Å². The van der Waals surface area contributed by atoms with Crippen LogP contribution in [0.4, 0.5) is 0 Å². The van der Waals surface area contributed by atoms with Crippen LogP contribution in [0.15, 0.2) is 35.1 Å². The summed E-state index contributed by atoms with van der Waals surface area (Å²) >= 11 is 0. The molecule has 0 unspecified atom stereocenters. The van der Waals surface area contributed by atoms with E-state index in [1.165, 1.54) is 57.4 Å². The van der Waals surface area contributed by atoms with Gasteiger partial charge in [-0.3, -0.25) is 4.79 Å². The molecule has 0 N–H and O–H groups in total. The van der Waals surface area contributed by atoms with Crippen molar-refractivity contribution in [3.05, 3.63) is 35.1 Å². The Morgan fingerprint density at radius 3 is 2.55 bits per heavy atom. The minimum absolute atomic E-state index is 0.199. The maximum atomic E-state index is 11.4. The zero-order valence-corrected chi connectivity index (χ0v) is 20.8. The zero-order valence-electron chi connectivity index (χ0n) is 20.8. The van der Waals surface area contributed by atoms with E-state index in [2.05, 4.69) is 52.8 Å². The van der Waals surface area contributed by atoms with E-state index in [1.54, 1.807) is 5.57 Å². The lowest BCUT2D eigenvalue weighted by atomic mass is 9.50. The lowest BCUT2D eigenvalue weighted by Gasteiger charge is -2.54. The summed E-state index contributed by atoms with van der Waals surface area (Å²) in [6.07, 6.45) is 18.6. The van der Waals surface area contributed by atoms with Crippen molar-refractivity contribution >= 4 is 5.97 Å². The highest BCUT2D eigenvalue weighted by Crippen LogP contribution is 2.65. The van der Waals surface area contributed by atoms with Crippen molar-refractivity contribution in [2.45, 2.75) is 99.3 Å². The molecule has 0 spiro atoms. The number of fused-ring (bicyclic) bond motifs is 5. The lowest BCUT2D eigenvalue weighted by Crippen LogP contribution is -2.45. The zero-order chi connectivity index (χ0) is 22.4. The molecular formula is C29H44O2.